The monoisotopic (exact) mass is 365 g/mol. The number of fused-ring (bicyclic) bond motifs is 2. The second kappa shape index (κ2) is 7.11. The van der Waals surface area contributed by atoms with Gasteiger partial charge in [0.25, 0.3) is 5.56 Å². The van der Waals surface area contributed by atoms with Crippen LogP contribution in [-0.4, -0.2) is 27.6 Å². The topological polar surface area (TPSA) is 84.5 Å². The molecular weight excluding hydrogens is 346 g/mol. The maximum Gasteiger partial charge on any atom is 0.253 e. The van der Waals surface area contributed by atoms with Crippen molar-refractivity contribution in [1.82, 2.24) is 14.9 Å². The van der Waals surface area contributed by atoms with Crippen LogP contribution < -0.4 is 15.0 Å². The minimum atomic E-state index is -0.221. The first kappa shape index (κ1) is 17.1. The molecule has 1 N–H and O–H groups in total. The summed E-state index contributed by atoms with van der Waals surface area (Å²) in [4.78, 5) is 33.6. The van der Waals surface area contributed by atoms with Crippen LogP contribution >= 0.6 is 0 Å². The maximum atomic E-state index is 12.6. The molecular formula is C20H19N3O4. The minimum absolute atomic E-state index is 0.0240. The lowest BCUT2D eigenvalue weighted by molar-refractivity contribution is -0.132. The van der Waals surface area contributed by atoms with E-state index in [0.29, 0.717) is 35.5 Å². The van der Waals surface area contributed by atoms with Crippen LogP contribution in [0.5, 0.6) is 11.5 Å². The molecule has 0 spiro atoms. The summed E-state index contributed by atoms with van der Waals surface area (Å²) in [6, 6.07) is 9.14. The summed E-state index contributed by atoms with van der Waals surface area (Å²) in [6.45, 7) is 2.61. The van der Waals surface area contributed by atoms with Crippen molar-refractivity contribution in [3.8, 4) is 11.5 Å². The Bertz CT molecular complexity index is 1050. The Balaban J connectivity index is 1.67. The zero-order chi connectivity index (χ0) is 18.8. The van der Waals surface area contributed by atoms with Crippen molar-refractivity contribution in [2.75, 3.05) is 6.79 Å². The molecule has 0 unspecified atom stereocenters. The standard InChI is InChI=1S/C20H19N3O4/c1-2-19(24)23(10-13-4-3-5-21-9-13)11-15-6-14-7-17-18(27-12-26-17)8-16(14)22-20(15)25/h3-9H,2,10-12H2,1H3,(H,22,25). The zero-order valence-corrected chi connectivity index (χ0v) is 14.9. The Hall–Kier alpha value is -3.35. The summed E-state index contributed by atoms with van der Waals surface area (Å²) < 4.78 is 10.8. The van der Waals surface area contributed by atoms with E-state index in [1.54, 1.807) is 29.4 Å². The minimum Gasteiger partial charge on any atom is -0.454 e. The Morgan fingerprint density at radius 1 is 1.22 bits per heavy atom. The number of aromatic amines is 1. The van der Waals surface area contributed by atoms with E-state index >= 15 is 0 Å². The number of nitrogens with zero attached hydrogens (tertiary/aromatic N) is 2. The third kappa shape index (κ3) is 3.48. The van der Waals surface area contributed by atoms with Gasteiger partial charge in [-0.05, 0) is 23.8 Å². The van der Waals surface area contributed by atoms with E-state index in [4.69, 9.17) is 9.47 Å². The highest BCUT2D eigenvalue weighted by molar-refractivity contribution is 5.83. The van der Waals surface area contributed by atoms with Gasteiger partial charge in [0.05, 0.1) is 12.1 Å². The number of nitrogens with one attached hydrogen (secondary N) is 1. The molecule has 1 aromatic carbocycles. The first-order valence-corrected chi connectivity index (χ1v) is 8.76. The normalized spacial score (nSPS) is 12.3. The van der Waals surface area contributed by atoms with Gasteiger partial charge in [-0.25, -0.2) is 0 Å². The molecule has 0 fully saturated rings. The van der Waals surface area contributed by atoms with Gasteiger partial charge in [-0.15, -0.1) is 0 Å². The number of rotatable bonds is 5. The van der Waals surface area contributed by atoms with E-state index in [-0.39, 0.29) is 24.8 Å². The summed E-state index contributed by atoms with van der Waals surface area (Å²) in [5, 5.41) is 0.833. The second-order valence-electron chi connectivity index (χ2n) is 6.38. The van der Waals surface area contributed by atoms with E-state index in [0.717, 1.165) is 10.9 Å². The molecule has 2 aromatic heterocycles. The van der Waals surface area contributed by atoms with Crippen molar-refractivity contribution < 1.29 is 14.3 Å². The summed E-state index contributed by atoms with van der Waals surface area (Å²) in [5.74, 6) is 1.24. The van der Waals surface area contributed by atoms with Gasteiger partial charge in [-0.2, -0.15) is 0 Å². The van der Waals surface area contributed by atoms with Gasteiger partial charge in [0.1, 0.15) is 0 Å². The number of aromatic nitrogens is 2. The number of amides is 1. The zero-order valence-electron chi connectivity index (χ0n) is 14.9. The molecule has 0 radical (unpaired) electrons. The Labute approximate surface area is 155 Å². The van der Waals surface area contributed by atoms with E-state index in [1.807, 2.05) is 25.1 Å². The van der Waals surface area contributed by atoms with Crippen molar-refractivity contribution in [3.63, 3.8) is 0 Å². The van der Waals surface area contributed by atoms with Crippen LogP contribution in [0, 0.1) is 0 Å². The Morgan fingerprint density at radius 3 is 2.78 bits per heavy atom. The largest absolute Gasteiger partial charge is 0.454 e. The summed E-state index contributed by atoms with van der Waals surface area (Å²) in [5.41, 5.74) is 1.89. The molecule has 1 aliphatic heterocycles. The molecule has 3 aromatic rings. The fourth-order valence-electron chi connectivity index (χ4n) is 3.13. The van der Waals surface area contributed by atoms with Crippen LogP contribution in [0.15, 0.2) is 47.5 Å². The first-order valence-electron chi connectivity index (χ1n) is 8.76. The highest BCUT2D eigenvalue weighted by Gasteiger charge is 2.18. The van der Waals surface area contributed by atoms with Gasteiger partial charge >= 0.3 is 0 Å². The maximum absolute atomic E-state index is 12.6. The number of carbonyl (C=O) groups excluding carboxylic acids is 1. The fraction of sp³-hybridized carbons (Fsp3) is 0.250. The molecule has 0 saturated heterocycles. The molecule has 3 heterocycles. The predicted molar refractivity (Wildman–Crippen MR) is 99.5 cm³/mol. The van der Waals surface area contributed by atoms with Crippen molar-refractivity contribution in [3.05, 3.63) is 64.2 Å². The molecule has 0 saturated carbocycles. The Morgan fingerprint density at radius 2 is 2.04 bits per heavy atom. The summed E-state index contributed by atoms with van der Waals surface area (Å²) >= 11 is 0. The molecule has 1 aliphatic rings. The number of H-pyrrole nitrogens is 1. The smallest absolute Gasteiger partial charge is 0.253 e. The van der Waals surface area contributed by atoms with Gasteiger partial charge < -0.3 is 19.4 Å². The fourth-order valence-corrected chi connectivity index (χ4v) is 3.13. The summed E-state index contributed by atoms with van der Waals surface area (Å²) in [6.07, 6.45) is 3.78. The van der Waals surface area contributed by atoms with Crippen LogP contribution in [0.2, 0.25) is 0 Å². The van der Waals surface area contributed by atoms with Crippen molar-refractivity contribution in [2.24, 2.45) is 0 Å². The lowest BCUT2D eigenvalue weighted by Gasteiger charge is -2.22. The van der Waals surface area contributed by atoms with E-state index in [1.165, 1.54) is 0 Å². The molecule has 7 nitrogen and oxygen atoms in total. The predicted octanol–water partition coefficient (Wildman–Crippen LogP) is 2.59. The molecule has 27 heavy (non-hydrogen) atoms. The third-order valence-corrected chi connectivity index (χ3v) is 4.53. The van der Waals surface area contributed by atoms with Crippen LogP contribution in [0.25, 0.3) is 10.9 Å². The van der Waals surface area contributed by atoms with Crippen LogP contribution in [0.4, 0.5) is 0 Å². The summed E-state index contributed by atoms with van der Waals surface area (Å²) in [7, 11) is 0. The molecule has 0 atom stereocenters. The highest BCUT2D eigenvalue weighted by Crippen LogP contribution is 2.35. The first-order chi connectivity index (χ1) is 13.1. The van der Waals surface area contributed by atoms with Crippen LogP contribution in [0.3, 0.4) is 0 Å². The van der Waals surface area contributed by atoms with Crippen LogP contribution in [0.1, 0.15) is 24.5 Å². The van der Waals surface area contributed by atoms with Crippen molar-refractivity contribution in [1.29, 1.82) is 0 Å². The van der Waals surface area contributed by atoms with E-state index in [2.05, 4.69) is 9.97 Å². The number of ether oxygens (including phenoxy) is 2. The van der Waals surface area contributed by atoms with Gasteiger partial charge in [-0.3, -0.25) is 14.6 Å². The quantitative estimate of drug-likeness (QED) is 0.751. The van der Waals surface area contributed by atoms with Crippen LogP contribution in [-0.2, 0) is 17.9 Å². The van der Waals surface area contributed by atoms with Gasteiger partial charge in [-0.1, -0.05) is 13.0 Å². The van der Waals surface area contributed by atoms with Gasteiger partial charge in [0.15, 0.2) is 11.5 Å². The van der Waals surface area contributed by atoms with E-state index < -0.39 is 0 Å². The lowest BCUT2D eigenvalue weighted by Crippen LogP contribution is -2.32. The van der Waals surface area contributed by atoms with Gasteiger partial charge in [0.2, 0.25) is 12.7 Å². The van der Waals surface area contributed by atoms with E-state index in [9.17, 15) is 9.59 Å². The van der Waals surface area contributed by atoms with Crippen molar-refractivity contribution >= 4 is 16.8 Å². The second-order valence-corrected chi connectivity index (χ2v) is 6.38. The molecule has 1 amide bonds. The number of carbonyl (C=O) groups is 1. The average molecular weight is 365 g/mol. The molecule has 138 valence electrons. The SMILES string of the molecule is CCC(=O)N(Cc1cccnc1)Cc1cc2cc3c(cc2[nH]c1=O)OCO3. The molecule has 0 bridgehead atoms. The Kier molecular flexibility index (Phi) is 4.50. The number of pyridine rings is 2. The molecule has 4 rings (SSSR count). The number of benzene rings is 1. The number of hydrogen-bond acceptors (Lipinski definition) is 5. The average Bonchev–Trinajstić information content (AvgIpc) is 3.13. The number of hydrogen-bond donors (Lipinski definition) is 1. The lowest BCUT2D eigenvalue weighted by atomic mass is 10.1. The van der Waals surface area contributed by atoms with Crippen molar-refractivity contribution in [2.45, 2.75) is 26.4 Å². The third-order valence-electron chi connectivity index (χ3n) is 4.53. The molecule has 0 aliphatic carbocycles. The molecule has 7 heteroatoms. The highest BCUT2D eigenvalue weighted by atomic mass is 16.7. The van der Waals surface area contributed by atoms with Gasteiger partial charge in [0, 0.05) is 42.4 Å².